The summed E-state index contributed by atoms with van der Waals surface area (Å²) in [5, 5.41) is 11.6. The summed E-state index contributed by atoms with van der Waals surface area (Å²) in [4.78, 5) is 53.9. The van der Waals surface area contributed by atoms with E-state index in [2.05, 4.69) is 10.3 Å². The Kier molecular flexibility index (Phi) is 4.36. The number of hydrogen-bond acceptors (Lipinski definition) is 5. The molecule has 8 heteroatoms. The van der Waals surface area contributed by atoms with E-state index in [9.17, 15) is 19.2 Å². The van der Waals surface area contributed by atoms with Gasteiger partial charge in [0.05, 0.1) is 16.7 Å². The lowest BCUT2D eigenvalue weighted by atomic mass is 10.1. The summed E-state index contributed by atoms with van der Waals surface area (Å²) >= 11 is 0. The fourth-order valence-corrected chi connectivity index (χ4v) is 3.01. The van der Waals surface area contributed by atoms with Crippen LogP contribution in [0.4, 0.5) is 11.5 Å². The van der Waals surface area contributed by atoms with E-state index in [0.717, 1.165) is 4.90 Å². The fraction of sp³-hybridized carbons (Fsp3) is 0. The number of benzene rings is 2. The molecule has 2 aromatic carbocycles. The number of carbonyl (C=O) groups is 4. The van der Waals surface area contributed by atoms with Gasteiger partial charge in [-0.3, -0.25) is 14.4 Å². The number of aromatic nitrogens is 1. The van der Waals surface area contributed by atoms with Gasteiger partial charge in [0.25, 0.3) is 17.7 Å². The lowest BCUT2D eigenvalue weighted by molar-refractivity contribution is 0.0696. The Bertz CT molecular complexity index is 1170. The summed E-state index contributed by atoms with van der Waals surface area (Å²) in [6, 6.07) is 14.9. The smallest absolute Gasteiger partial charge is 0.335 e. The number of nitrogens with zero attached hydrogens (tertiary/aromatic N) is 2. The average molecular weight is 387 g/mol. The first-order valence-corrected chi connectivity index (χ1v) is 8.54. The number of aromatic carboxylic acids is 1. The molecule has 0 saturated carbocycles. The van der Waals surface area contributed by atoms with Gasteiger partial charge in [0.15, 0.2) is 0 Å². The van der Waals surface area contributed by atoms with Crippen molar-refractivity contribution in [1.82, 2.24) is 4.98 Å². The Morgan fingerprint density at radius 2 is 1.66 bits per heavy atom. The number of hydrogen-bond donors (Lipinski definition) is 2. The largest absolute Gasteiger partial charge is 0.478 e. The molecule has 142 valence electrons. The van der Waals surface area contributed by atoms with E-state index >= 15 is 0 Å². The third kappa shape index (κ3) is 3.23. The highest BCUT2D eigenvalue weighted by Crippen LogP contribution is 2.28. The van der Waals surface area contributed by atoms with E-state index in [4.69, 9.17) is 5.11 Å². The zero-order valence-corrected chi connectivity index (χ0v) is 14.8. The molecule has 4 rings (SSSR count). The molecule has 1 aliphatic heterocycles. The predicted molar refractivity (Wildman–Crippen MR) is 103 cm³/mol. The second kappa shape index (κ2) is 7.01. The number of imide groups is 1. The number of amides is 3. The van der Waals surface area contributed by atoms with Crippen molar-refractivity contribution < 1.29 is 24.3 Å². The van der Waals surface area contributed by atoms with Crippen molar-refractivity contribution >= 4 is 35.2 Å². The summed E-state index contributed by atoms with van der Waals surface area (Å²) in [5.41, 5.74) is 0.780. The van der Waals surface area contributed by atoms with Gasteiger partial charge < -0.3 is 10.4 Å². The maximum Gasteiger partial charge on any atom is 0.335 e. The molecule has 29 heavy (non-hydrogen) atoms. The number of fused-ring (bicyclic) bond motifs is 1. The molecule has 1 aromatic heterocycles. The number of pyridine rings is 1. The SMILES string of the molecule is O=C(O)c1cccc(NC(=O)c2ccc3c(c2)C(=O)N(c2ccccn2)C3=O)c1. The molecule has 1 aliphatic rings. The third-order valence-corrected chi connectivity index (χ3v) is 4.39. The van der Waals surface area contributed by atoms with Crippen LogP contribution < -0.4 is 10.2 Å². The monoisotopic (exact) mass is 387 g/mol. The van der Waals surface area contributed by atoms with Gasteiger partial charge in [-0.15, -0.1) is 0 Å². The molecular formula is C21H13N3O5. The van der Waals surface area contributed by atoms with Crippen molar-refractivity contribution in [1.29, 1.82) is 0 Å². The lowest BCUT2D eigenvalue weighted by Crippen LogP contribution is -2.30. The standard InChI is InChI=1S/C21H13N3O5/c25-18(23-14-5-3-4-13(10-14)21(28)29)12-7-8-15-16(11-12)20(27)24(19(15)26)17-6-1-2-9-22-17/h1-11H,(H,23,25)(H,28,29). The minimum Gasteiger partial charge on any atom is -0.478 e. The van der Waals surface area contributed by atoms with Crippen molar-refractivity contribution in [2.24, 2.45) is 0 Å². The third-order valence-electron chi connectivity index (χ3n) is 4.39. The van der Waals surface area contributed by atoms with Crippen LogP contribution in [0.5, 0.6) is 0 Å². The van der Waals surface area contributed by atoms with Crippen LogP contribution in [0.25, 0.3) is 0 Å². The summed E-state index contributed by atoms with van der Waals surface area (Å²) in [6.45, 7) is 0. The maximum atomic E-state index is 12.7. The molecule has 0 unspecified atom stereocenters. The normalized spacial score (nSPS) is 12.6. The van der Waals surface area contributed by atoms with Gasteiger partial charge in [-0.1, -0.05) is 12.1 Å². The quantitative estimate of drug-likeness (QED) is 0.665. The van der Waals surface area contributed by atoms with E-state index in [1.54, 1.807) is 24.3 Å². The van der Waals surface area contributed by atoms with Crippen molar-refractivity contribution in [3.05, 3.63) is 89.1 Å². The number of carboxylic acid groups (broad SMARTS) is 1. The van der Waals surface area contributed by atoms with Crippen LogP contribution in [0.2, 0.25) is 0 Å². The van der Waals surface area contributed by atoms with Gasteiger partial charge >= 0.3 is 5.97 Å². The van der Waals surface area contributed by atoms with E-state index in [0.29, 0.717) is 5.69 Å². The molecule has 0 atom stereocenters. The number of carboxylic acids is 1. The number of anilines is 2. The van der Waals surface area contributed by atoms with Crippen LogP contribution in [0.15, 0.2) is 66.9 Å². The molecule has 0 saturated heterocycles. The first-order valence-electron chi connectivity index (χ1n) is 8.54. The molecule has 0 aliphatic carbocycles. The van der Waals surface area contributed by atoms with Gasteiger partial charge in [-0.25, -0.2) is 14.7 Å². The highest BCUT2D eigenvalue weighted by molar-refractivity contribution is 6.34. The van der Waals surface area contributed by atoms with Gasteiger partial charge in [0.2, 0.25) is 0 Å². The Morgan fingerprint density at radius 3 is 2.38 bits per heavy atom. The van der Waals surface area contributed by atoms with E-state index in [-0.39, 0.29) is 28.1 Å². The van der Waals surface area contributed by atoms with Crippen molar-refractivity contribution in [3.63, 3.8) is 0 Å². The van der Waals surface area contributed by atoms with Crippen LogP contribution in [0.1, 0.15) is 41.4 Å². The molecular weight excluding hydrogens is 374 g/mol. The fourth-order valence-electron chi connectivity index (χ4n) is 3.01. The Labute approximate surface area is 164 Å². The number of rotatable bonds is 4. The maximum absolute atomic E-state index is 12.7. The Hall–Kier alpha value is -4.33. The van der Waals surface area contributed by atoms with Gasteiger partial charge in [0.1, 0.15) is 5.82 Å². The van der Waals surface area contributed by atoms with Gasteiger partial charge in [-0.05, 0) is 48.5 Å². The molecule has 8 nitrogen and oxygen atoms in total. The number of nitrogens with one attached hydrogen (secondary N) is 1. The van der Waals surface area contributed by atoms with E-state index in [1.807, 2.05) is 0 Å². The summed E-state index contributed by atoms with van der Waals surface area (Å²) in [7, 11) is 0. The van der Waals surface area contributed by atoms with E-state index in [1.165, 1.54) is 42.6 Å². The van der Waals surface area contributed by atoms with Crippen LogP contribution in [0, 0.1) is 0 Å². The topological polar surface area (TPSA) is 117 Å². The summed E-state index contributed by atoms with van der Waals surface area (Å²) < 4.78 is 0. The second-order valence-electron chi connectivity index (χ2n) is 6.23. The van der Waals surface area contributed by atoms with Gasteiger partial charge in [-0.2, -0.15) is 0 Å². The van der Waals surface area contributed by atoms with Crippen LogP contribution in [-0.4, -0.2) is 33.8 Å². The van der Waals surface area contributed by atoms with Crippen LogP contribution >= 0.6 is 0 Å². The molecule has 0 fully saturated rings. The Morgan fingerprint density at radius 1 is 0.862 bits per heavy atom. The minimum atomic E-state index is -1.11. The van der Waals surface area contributed by atoms with Crippen LogP contribution in [0.3, 0.4) is 0 Å². The average Bonchev–Trinajstić information content (AvgIpc) is 2.98. The van der Waals surface area contributed by atoms with Crippen molar-refractivity contribution in [3.8, 4) is 0 Å². The molecule has 3 aromatic rings. The van der Waals surface area contributed by atoms with Crippen molar-refractivity contribution in [2.75, 3.05) is 10.2 Å². The first-order chi connectivity index (χ1) is 14.0. The molecule has 0 spiro atoms. The highest BCUT2D eigenvalue weighted by atomic mass is 16.4. The minimum absolute atomic E-state index is 0.0310. The Balaban J connectivity index is 1.61. The first kappa shape index (κ1) is 18.1. The van der Waals surface area contributed by atoms with Crippen molar-refractivity contribution in [2.45, 2.75) is 0 Å². The van der Waals surface area contributed by atoms with E-state index < -0.39 is 23.7 Å². The van der Waals surface area contributed by atoms with Gasteiger partial charge in [0, 0.05) is 17.4 Å². The number of carbonyl (C=O) groups excluding carboxylic acids is 3. The zero-order valence-electron chi connectivity index (χ0n) is 14.8. The molecule has 0 radical (unpaired) electrons. The zero-order chi connectivity index (χ0) is 20.5. The van der Waals surface area contributed by atoms with Crippen LogP contribution in [-0.2, 0) is 0 Å². The molecule has 0 bridgehead atoms. The second-order valence-corrected chi connectivity index (χ2v) is 6.23. The molecule has 3 amide bonds. The summed E-state index contributed by atoms with van der Waals surface area (Å²) in [5.74, 6) is -2.52. The predicted octanol–water partition coefficient (Wildman–Crippen LogP) is 2.83. The highest BCUT2D eigenvalue weighted by Gasteiger charge is 2.37. The molecule has 2 heterocycles. The lowest BCUT2D eigenvalue weighted by Gasteiger charge is -2.11. The summed E-state index contributed by atoms with van der Waals surface area (Å²) in [6.07, 6.45) is 1.48. The molecule has 2 N–H and O–H groups in total.